The van der Waals surface area contributed by atoms with Crippen molar-refractivity contribution in [2.24, 2.45) is 0 Å². The number of benzene rings is 1. The largest absolute Gasteiger partial charge is 0.347 e. The van der Waals surface area contributed by atoms with Crippen LogP contribution >= 0.6 is 0 Å². The van der Waals surface area contributed by atoms with E-state index in [1.807, 2.05) is 19.1 Å². The van der Waals surface area contributed by atoms with Gasteiger partial charge in [-0.3, -0.25) is 4.79 Å². The Kier molecular flexibility index (Phi) is 3.45. The van der Waals surface area contributed by atoms with E-state index in [9.17, 15) is 4.79 Å². The van der Waals surface area contributed by atoms with E-state index in [1.54, 1.807) is 4.68 Å². The fraction of sp³-hybridized carbons (Fsp3) is 0.467. The summed E-state index contributed by atoms with van der Waals surface area (Å²) in [6.45, 7) is 4.42. The van der Waals surface area contributed by atoms with Gasteiger partial charge in [0.15, 0.2) is 0 Å². The van der Waals surface area contributed by atoms with Crippen molar-refractivity contribution in [3.05, 3.63) is 41.2 Å². The summed E-state index contributed by atoms with van der Waals surface area (Å²) < 4.78 is 1.65. The van der Waals surface area contributed by atoms with Crippen LogP contribution in [-0.2, 0) is 16.9 Å². The van der Waals surface area contributed by atoms with E-state index in [0.717, 1.165) is 18.7 Å². The van der Waals surface area contributed by atoms with Crippen LogP contribution in [0.2, 0.25) is 0 Å². The third-order valence-electron chi connectivity index (χ3n) is 4.05. The molecule has 0 atom stereocenters. The molecule has 1 aromatic heterocycles. The van der Waals surface area contributed by atoms with Crippen LogP contribution in [0.15, 0.2) is 24.3 Å². The van der Waals surface area contributed by atoms with Crippen molar-refractivity contribution in [2.45, 2.75) is 45.2 Å². The Morgan fingerprint density at radius 1 is 1.33 bits per heavy atom. The molecule has 1 N–H and O–H groups in total. The van der Waals surface area contributed by atoms with Gasteiger partial charge in [0.2, 0.25) is 5.91 Å². The van der Waals surface area contributed by atoms with E-state index in [2.05, 4.69) is 39.9 Å². The quantitative estimate of drug-likeness (QED) is 0.903. The summed E-state index contributed by atoms with van der Waals surface area (Å²) in [7, 11) is 0. The lowest BCUT2D eigenvalue weighted by atomic mass is 9.99. The first-order valence-electron chi connectivity index (χ1n) is 7.21. The second-order valence-corrected chi connectivity index (χ2v) is 5.64. The first-order valence-corrected chi connectivity index (χ1v) is 7.21. The standard InChI is InChI=1S/C15H19N5O/c1-11-5-3-4-6-13(11)15(8-9-15)16-14(21)7-10-20-12(2)17-18-19-20/h3-6H,7-10H2,1-2H3,(H,16,21). The van der Waals surface area contributed by atoms with E-state index in [-0.39, 0.29) is 11.4 Å². The van der Waals surface area contributed by atoms with Gasteiger partial charge in [-0.1, -0.05) is 24.3 Å². The Balaban J connectivity index is 1.63. The van der Waals surface area contributed by atoms with Crippen LogP contribution in [-0.4, -0.2) is 26.1 Å². The number of hydrogen-bond acceptors (Lipinski definition) is 4. The Labute approximate surface area is 123 Å². The minimum atomic E-state index is -0.155. The summed E-state index contributed by atoms with van der Waals surface area (Å²) in [6.07, 6.45) is 2.40. The third kappa shape index (κ3) is 2.79. The highest BCUT2D eigenvalue weighted by Crippen LogP contribution is 2.46. The monoisotopic (exact) mass is 285 g/mol. The van der Waals surface area contributed by atoms with Crippen LogP contribution in [0.3, 0.4) is 0 Å². The molecule has 1 aliphatic carbocycles. The molecule has 6 nitrogen and oxygen atoms in total. The van der Waals surface area contributed by atoms with Crippen LogP contribution in [0.4, 0.5) is 0 Å². The zero-order chi connectivity index (χ0) is 14.9. The Bertz CT molecular complexity index is 660. The molecule has 1 saturated carbocycles. The van der Waals surface area contributed by atoms with Crippen LogP contribution in [0.25, 0.3) is 0 Å². The Morgan fingerprint density at radius 2 is 2.10 bits per heavy atom. The van der Waals surface area contributed by atoms with Gasteiger partial charge in [-0.2, -0.15) is 0 Å². The Morgan fingerprint density at radius 3 is 2.71 bits per heavy atom. The highest BCUT2D eigenvalue weighted by atomic mass is 16.1. The highest BCUT2D eigenvalue weighted by molar-refractivity contribution is 5.77. The number of hydrogen-bond donors (Lipinski definition) is 1. The van der Waals surface area contributed by atoms with Gasteiger partial charge >= 0.3 is 0 Å². The minimum absolute atomic E-state index is 0.0469. The Hall–Kier alpha value is -2.24. The van der Waals surface area contributed by atoms with E-state index in [4.69, 9.17) is 0 Å². The number of carbonyl (C=O) groups is 1. The summed E-state index contributed by atoms with van der Waals surface area (Å²) in [5.41, 5.74) is 2.31. The topological polar surface area (TPSA) is 72.7 Å². The average Bonchev–Trinajstić information content (AvgIpc) is 3.11. The lowest BCUT2D eigenvalue weighted by Gasteiger charge is -2.20. The van der Waals surface area contributed by atoms with E-state index < -0.39 is 0 Å². The number of nitrogens with zero attached hydrogens (tertiary/aromatic N) is 4. The first kappa shape index (κ1) is 13.7. The summed E-state index contributed by atoms with van der Waals surface area (Å²) in [6, 6.07) is 8.25. The predicted octanol–water partition coefficient (Wildman–Crippen LogP) is 1.49. The number of carbonyl (C=O) groups excluding carboxylic acids is 1. The fourth-order valence-electron chi connectivity index (χ4n) is 2.69. The third-order valence-corrected chi connectivity index (χ3v) is 4.05. The van der Waals surface area contributed by atoms with Crippen LogP contribution in [0.1, 0.15) is 36.2 Å². The van der Waals surface area contributed by atoms with Crippen molar-refractivity contribution in [1.29, 1.82) is 0 Å². The van der Waals surface area contributed by atoms with Crippen molar-refractivity contribution in [3.63, 3.8) is 0 Å². The molecule has 110 valence electrons. The maximum Gasteiger partial charge on any atom is 0.222 e. The van der Waals surface area contributed by atoms with Crippen molar-refractivity contribution in [2.75, 3.05) is 0 Å². The molecular formula is C15H19N5O. The molecule has 1 aromatic carbocycles. The number of amides is 1. The van der Waals surface area contributed by atoms with Gasteiger partial charge in [-0.05, 0) is 48.2 Å². The highest BCUT2D eigenvalue weighted by Gasteiger charge is 2.46. The molecule has 0 bridgehead atoms. The predicted molar refractivity (Wildman–Crippen MR) is 77.4 cm³/mol. The summed E-state index contributed by atoms with van der Waals surface area (Å²) in [4.78, 5) is 12.2. The minimum Gasteiger partial charge on any atom is -0.347 e. The second kappa shape index (κ2) is 5.27. The van der Waals surface area contributed by atoms with Gasteiger partial charge < -0.3 is 5.32 Å². The average molecular weight is 285 g/mol. The summed E-state index contributed by atoms with van der Waals surface area (Å²) in [5, 5.41) is 14.4. The molecule has 1 heterocycles. The molecule has 0 spiro atoms. The van der Waals surface area contributed by atoms with Crippen LogP contribution < -0.4 is 5.32 Å². The van der Waals surface area contributed by atoms with E-state index in [0.29, 0.717) is 13.0 Å². The summed E-state index contributed by atoms with van der Waals surface area (Å²) >= 11 is 0. The van der Waals surface area contributed by atoms with Gasteiger partial charge in [0, 0.05) is 6.42 Å². The molecule has 1 fully saturated rings. The number of tetrazole rings is 1. The SMILES string of the molecule is Cc1ccccc1C1(NC(=O)CCn2nnnc2C)CC1. The molecule has 6 heteroatoms. The molecule has 21 heavy (non-hydrogen) atoms. The van der Waals surface area contributed by atoms with Crippen molar-refractivity contribution in [3.8, 4) is 0 Å². The van der Waals surface area contributed by atoms with Crippen LogP contribution in [0, 0.1) is 13.8 Å². The molecule has 0 aliphatic heterocycles. The van der Waals surface area contributed by atoms with Crippen molar-refractivity contribution in [1.82, 2.24) is 25.5 Å². The van der Waals surface area contributed by atoms with Crippen molar-refractivity contribution >= 4 is 5.91 Å². The molecule has 0 saturated heterocycles. The molecular weight excluding hydrogens is 266 g/mol. The molecule has 1 amide bonds. The first-order chi connectivity index (χ1) is 10.1. The molecule has 2 aromatic rings. The smallest absolute Gasteiger partial charge is 0.222 e. The van der Waals surface area contributed by atoms with E-state index >= 15 is 0 Å². The lowest BCUT2D eigenvalue weighted by Crippen LogP contribution is -2.35. The summed E-state index contributed by atoms with van der Waals surface area (Å²) in [5.74, 6) is 0.772. The van der Waals surface area contributed by atoms with E-state index in [1.165, 1.54) is 11.1 Å². The number of nitrogens with one attached hydrogen (secondary N) is 1. The fourth-order valence-corrected chi connectivity index (χ4v) is 2.69. The number of rotatable bonds is 5. The zero-order valence-electron chi connectivity index (χ0n) is 12.3. The number of aryl methyl sites for hydroxylation is 3. The second-order valence-electron chi connectivity index (χ2n) is 5.64. The maximum absolute atomic E-state index is 12.2. The molecule has 0 unspecified atom stereocenters. The molecule has 0 radical (unpaired) electrons. The maximum atomic E-state index is 12.2. The molecule has 1 aliphatic rings. The normalized spacial score (nSPS) is 15.7. The zero-order valence-corrected chi connectivity index (χ0v) is 12.3. The van der Waals surface area contributed by atoms with Gasteiger partial charge in [0.25, 0.3) is 0 Å². The van der Waals surface area contributed by atoms with Gasteiger partial charge in [0.1, 0.15) is 5.82 Å². The van der Waals surface area contributed by atoms with Crippen molar-refractivity contribution < 1.29 is 4.79 Å². The van der Waals surface area contributed by atoms with Crippen LogP contribution in [0.5, 0.6) is 0 Å². The van der Waals surface area contributed by atoms with Gasteiger partial charge in [-0.15, -0.1) is 5.10 Å². The van der Waals surface area contributed by atoms with Gasteiger partial charge in [0.05, 0.1) is 12.1 Å². The lowest BCUT2D eigenvalue weighted by molar-refractivity contribution is -0.122. The number of aromatic nitrogens is 4. The molecule has 3 rings (SSSR count). The van der Waals surface area contributed by atoms with Gasteiger partial charge in [-0.25, -0.2) is 4.68 Å².